The van der Waals surface area contributed by atoms with E-state index in [-0.39, 0.29) is 12.3 Å². The van der Waals surface area contributed by atoms with E-state index in [0.717, 1.165) is 0 Å². The van der Waals surface area contributed by atoms with Gasteiger partial charge in [0.05, 0.1) is 18.6 Å². The van der Waals surface area contributed by atoms with Gasteiger partial charge in [0.15, 0.2) is 0 Å². The molecule has 6 unspecified atom stereocenters. The summed E-state index contributed by atoms with van der Waals surface area (Å²) >= 11 is 1.44. The molecule has 0 spiro atoms. The van der Waals surface area contributed by atoms with Crippen LogP contribution >= 0.6 is 11.8 Å². The molecule has 0 radical (unpaired) electrons. The van der Waals surface area contributed by atoms with E-state index in [1.54, 1.807) is 6.92 Å². The number of carbonyl (C=O) groups is 5. The number of thioether (sulfide) groups is 1. The molecule has 0 saturated carbocycles. The van der Waals surface area contributed by atoms with Gasteiger partial charge in [0.25, 0.3) is 0 Å². The van der Waals surface area contributed by atoms with Crippen molar-refractivity contribution in [2.75, 3.05) is 12.0 Å². The van der Waals surface area contributed by atoms with Crippen molar-refractivity contribution in [2.45, 2.75) is 70.3 Å². The van der Waals surface area contributed by atoms with Gasteiger partial charge in [0.1, 0.15) is 18.1 Å². The highest BCUT2D eigenvalue weighted by molar-refractivity contribution is 7.98. The first-order chi connectivity index (χ1) is 14.8. The van der Waals surface area contributed by atoms with E-state index < -0.39 is 66.3 Å². The zero-order chi connectivity index (χ0) is 25.0. The quantitative estimate of drug-likeness (QED) is 0.137. The first-order valence-electron chi connectivity index (χ1n) is 10.2. The number of hydrogen-bond acceptors (Lipinski definition) is 8. The highest BCUT2D eigenvalue weighted by Gasteiger charge is 2.33. The van der Waals surface area contributed by atoms with Crippen LogP contribution in [0.1, 0.15) is 40.0 Å². The molecular formula is C19H35N5O7S. The Morgan fingerprint density at radius 2 is 1.53 bits per heavy atom. The van der Waals surface area contributed by atoms with Crippen molar-refractivity contribution in [3.05, 3.63) is 0 Å². The third kappa shape index (κ3) is 10.3. The Bertz CT molecular complexity index is 676. The third-order valence-corrected chi connectivity index (χ3v) is 5.53. The summed E-state index contributed by atoms with van der Waals surface area (Å²) in [6, 6.07) is -5.02. The van der Waals surface area contributed by atoms with Crippen molar-refractivity contribution in [1.29, 1.82) is 0 Å². The molecule has 0 fully saturated rings. The zero-order valence-electron chi connectivity index (χ0n) is 18.8. The fourth-order valence-corrected chi connectivity index (χ4v) is 3.08. The lowest BCUT2D eigenvalue weighted by Crippen LogP contribution is -2.60. The van der Waals surface area contributed by atoms with Crippen LogP contribution in [0.5, 0.6) is 0 Å². The Kier molecular flexibility index (Phi) is 13.5. The number of nitrogens with one attached hydrogen (secondary N) is 3. The normalized spacial score (nSPS) is 16.6. The molecule has 0 rings (SSSR count). The Balaban J connectivity index is 5.43. The van der Waals surface area contributed by atoms with Gasteiger partial charge in [-0.1, -0.05) is 20.3 Å². The molecule has 0 aliphatic heterocycles. The summed E-state index contributed by atoms with van der Waals surface area (Å²) in [6.45, 7) is 4.91. The van der Waals surface area contributed by atoms with Gasteiger partial charge in [0, 0.05) is 0 Å². The number of nitrogens with two attached hydrogens (primary N) is 2. The lowest BCUT2D eigenvalue weighted by molar-refractivity contribution is -0.144. The van der Waals surface area contributed by atoms with Crippen LogP contribution in [-0.4, -0.2) is 82.1 Å². The first-order valence-corrected chi connectivity index (χ1v) is 11.6. The monoisotopic (exact) mass is 477 g/mol. The van der Waals surface area contributed by atoms with Crippen molar-refractivity contribution < 1.29 is 34.2 Å². The maximum atomic E-state index is 12.8. The van der Waals surface area contributed by atoms with Crippen molar-refractivity contribution in [3.63, 3.8) is 0 Å². The van der Waals surface area contributed by atoms with Gasteiger partial charge in [-0.15, -0.1) is 0 Å². The number of carboxylic acids is 1. The van der Waals surface area contributed by atoms with Crippen molar-refractivity contribution in [3.8, 4) is 0 Å². The number of rotatable bonds is 15. The van der Waals surface area contributed by atoms with Crippen LogP contribution in [0, 0.1) is 5.92 Å². The van der Waals surface area contributed by atoms with E-state index in [1.165, 1.54) is 18.7 Å². The summed E-state index contributed by atoms with van der Waals surface area (Å²) in [5.41, 5.74) is 10.9. The van der Waals surface area contributed by atoms with Crippen LogP contribution in [0.15, 0.2) is 0 Å². The molecule has 6 atom stereocenters. The molecule has 0 aromatic carbocycles. The number of aliphatic hydroxyl groups excluding tert-OH is 1. The van der Waals surface area contributed by atoms with E-state index in [4.69, 9.17) is 16.6 Å². The van der Waals surface area contributed by atoms with Gasteiger partial charge in [-0.3, -0.25) is 19.2 Å². The second-order valence-electron chi connectivity index (χ2n) is 7.55. The molecule has 0 bridgehead atoms. The average Bonchev–Trinajstić information content (AvgIpc) is 2.71. The Morgan fingerprint density at radius 3 is 1.97 bits per heavy atom. The summed E-state index contributed by atoms with van der Waals surface area (Å²) in [5.74, 6) is -4.34. The van der Waals surface area contributed by atoms with Crippen LogP contribution in [0.2, 0.25) is 0 Å². The topological polar surface area (TPSA) is 214 Å². The van der Waals surface area contributed by atoms with Crippen molar-refractivity contribution in [2.24, 2.45) is 17.4 Å². The summed E-state index contributed by atoms with van der Waals surface area (Å²) in [5, 5.41) is 26.1. The summed E-state index contributed by atoms with van der Waals surface area (Å²) in [4.78, 5) is 60.0. The molecule has 32 heavy (non-hydrogen) atoms. The van der Waals surface area contributed by atoms with Crippen LogP contribution in [0.3, 0.4) is 0 Å². The van der Waals surface area contributed by atoms with Gasteiger partial charge >= 0.3 is 5.97 Å². The molecule has 0 saturated heterocycles. The molecule has 4 amide bonds. The average molecular weight is 478 g/mol. The van der Waals surface area contributed by atoms with E-state index in [1.807, 2.05) is 13.2 Å². The highest BCUT2D eigenvalue weighted by atomic mass is 32.2. The fraction of sp³-hybridized carbons (Fsp3) is 0.737. The van der Waals surface area contributed by atoms with Gasteiger partial charge in [-0.25, -0.2) is 4.79 Å². The van der Waals surface area contributed by atoms with Gasteiger partial charge in [0.2, 0.25) is 23.6 Å². The Hall–Kier alpha value is -2.38. The minimum atomic E-state index is -1.63. The first kappa shape index (κ1) is 29.6. The third-order valence-electron chi connectivity index (χ3n) is 4.89. The second-order valence-corrected chi connectivity index (χ2v) is 8.54. The van der Waals surface area contributed by atoms with E-state index in [9.17, 15) is 29.1 Å². The van der Waals surface area contributed by atoms with E-state index >= 15 is 0 Å². The van der Waals surface area contributed by atoms with Crippen molar-refractivity contribution in [1.82, 2.24) is 16.0 Å². The molecule has 0 heterocycles. The SMILES string of the molecule is CCC(C)C(N)C(=O)NC(CCSC)C(=O)NC(C(=O)NC(CC(N)=O)C(=O)O)C(C)O. The number of aliphatic carboxylic acids is 1. The van der Waals surface area contributed by atoms with Gasteiger partial charge in [-0.05, 0) is 31.3 Å². The number of carbonyl (C=O) groups excluding carboxylic acids is 4. The molecule has 0 aliphatic carbocycles. The molecule has 12 nitrogen and oxygen atoms in total. The predicted molar refractivity (Wildman–Crippen MR) is 119 cm³/mol. The van der Waals surface area contributed by atoms with E-state index in [0.29, 0.717) is 12.2 Å². The fourth-order valence-electron chi connectivity index (χ4n) is 2.61. The molecule has 0 aromatic heterocycles. The maximum Gasteiger partial charge on any atom is 0.326 e. The predicted octanol–water partition coefficient (Wildman–Crippen LogP) is -2.09. The van der Waals surface area contributed by atoms with Crippen LogP contribution < -0.4 is 27.4 Å². The van der Waals surface area contributed by atoms with Crippen molar-refractivity contribution >= 4 is 41.4 Å². The van der Waals surface area contributed by atoms with Crippen LogP contribution in [0.25, 0.3) is 0 Å². The van der Waals surface area contributed by atoms with Gasteiger partial charge in [-0.2, -0.15) is 11.8 Å². The lowest BCUT2D eigenvalue weighted by Gasteiger charge is -2.27. The van der Waals surface area contributed by atoms with E-state index in [2.05, 4.69) is 16.0 Å². The molecule has 9 N–H and O–H groups in total. The standard InChI is InChI=1S/C19H35N5O7S/c1-5-9(2)14(21)17(28)22-11(6-7-32-4)16(27)24-15(10(3)25)18(29)23-12(19(30)31)8-13(20)26/h9-12,14-15,25H,5-8,21H2,1-4H3,(H2,20,26)(H,22,28)(H,23,29)(H,24,27)(H,30,31). The number of amides is 4. The number of hydrogen-bond donors (Lipinski definition) is 7. The minimum absolute atomic E-state index is 0.117. The maximum absolute atomic E-state index is 12.8. The van der Waals surface area contributed by atoms with Gasteiger partial charge < -0.3 is 37.6 Å². The lowest BCUT2D eigenvalue weighted by atomic mass is 9.99. The van der Waals surface area contributed by atoms with Crippen LogP contribution in [-0.2, 0) is 24.0 Å². The summed E-state index contributed by atoms with van der Waals surface area (Å²) < 4.78 is 0. The zero-order valence-corrected chi connectivity index (χ0v) is 19.6. The molecule has 0 aromatic rings. The second kappa shape index (κ2) is 14.6. The molecular weight excluding hydrogens is 442 g/mol. The molecule has 13 heteroatoms. The number of primary amides is 1. The highest BCUT2D eigenvalue weighted by Crippen LogP contribution is 2.08. The molecule has 184 valence electrons. The minimum Gasteiger partial charge on any atom is -0.480 e. The largest absolute Gasteiger partial charge is 0.480 e. The Morgan fingerprint density at radius 1 is 0.969 bits per heavy atom. The smallest absolute Gasteiger partial charge is 0.326 e. The Labute approximate surface area is 191 Å². The summed E-state index contributed by atoms with van der Waals surface area (Å²) in [7, 11) is 0. The number of aliphatic hydroxyl groups is 1. The number of carboxylic acid groups (broad SMARTS) is 1. The molecule has 0 aliphatic rings. The summed E-state index contributed by atoms with van der Waals surface area (Å²) in [6.07, 6.45) is 0.650. The van der Waals surface area contributed by atoms with Crippen LogP contribution in [0.4, 0.5) is 0 Å².